The average molecular weight is 353 g/mol. The number of piperazine rings is 1. The highest BCUT2D eigenvalue weighted by molar-refractivity contribution is 5.96. The van der Waals surface area contributed by atoms with E-state index in [1.165, 1.54) is 0 Å². The SMILES string of the molecule is O=C(O)C=C(C(=O)O)C1NCCN2c3ccccc3Cn3cccc3C12. The van der Waals surface area contributed by atoms with E-state index in [-0.39, 0.29) is 11.6 Å². The maximum atomic E-state index is 11.8. The van der Waals surface area contributed by atoms with Gasteiger partial charge in [0.05, 0.1) is 17.7 Å². The first-order valence-corrected chi connectivity index (χ1v) is 8.47. The number of hydrogen-bond acceptors (Lipinski definition) is 4. The van der Waals surface area contributed by atoms with E-state index in [1.807, 2.05) is 36.5 Å². The number of rotatable bonds is 3. The second kappa shape index (κ2) is 6.34. The van der Waals surface area contributed by atoms with Crippen molar-refractivity contribution in [3.8, 4) is 0 Å². The van der Waals surface area contributed by atoms with Gasteiger partial charge in [-0.05, 0) is 23.8 Å². The fraction of sp³-hybridized carbons (Fsp3) is 0.263. The van der Waals surface area contributed by atoms with Gasteiger partial charge in [-0.3, -0.25) is 0 Å². The van der Waals surface area contributed by atoms with Crippen LogP contribution in [0.25, 0.3) is 0 Å². The van der Waals surface area contributed by atoms with Gasteiger partial charge in [0.15, 0.2) is 0 Å². The van der Waals surface area contributed by atoms with E-state index in [9.17, 15) is 14.7 Å². The quantitative estimate of drug-likeness (QED) is 0.724. The van der Waals surface area contributed by atoms with Gasteiger partial charge in [-0.2, -0.15) is 0 Å². The standard InChI is InChI=1S/C19H19N3O4/c23-16(24)10-13(19(25)26)17-18-15-6-3-8-21(15)11-12-4-1-2-5-14(12)22(18)9-7-20-17/h1-6,8,10,17-18,20H,7,9,11H2,(H,23,24)(H,25,26). The van der Waals surface area contributed by atoms with Crippen molar-refractivity contribution in [3.63, 3.8) is 0 Å². The molecule has 2 aliphatic heterocycles. The highest BCUT2D eigenvalue weighted by Gasteiger charge is 2.40. The lowest BCUT2D eigenvalue weighted by atomic mass is 9.92. The molecule has 0 bridgehead atoms. The topological polar surface area (TPSA) is 94.8 Å². The fourth-order valence-corrected chi connectivity index (χ4v) is 4.02. The first-order chi connectivity index (χ1) is 12.6. The zero-order valence-electron chi connectivity index (χ0n) is 14.0. The van der Waals surface area contributed by atoms with Crippen LogP contribution in [0, 0.1) is 0 Å². The number of fused-ring (bicyclic) bond motifs is 5. The van der Waals surface area contributed by atoms with Gasteiger partial charge < -0.3 is 25.0 Å². The van der Waals surface area contributed by atoms with Crippen molar-refractivity contribution in [1.82, 2.24) is 9.88 Å². The van der Waals surface area contributed by atoms with Crippen LogP contribution in [0.4, 0.5) is 5.69 Å². The van der Waals surface area contributed by atoms with Crippen LogP contribution in [0.3, 0.4) is 0 Å². The molecule has 2 atom stereocenters. The summed E-state index contributed by atoms with van der Waals surface area (Å²) in [5.74, 6) is -2.48. The molecule has 3 heterocycles. The molecule has 1 aromatic heterocycles. The molecule has 0 radical (unpaired) electrons. The predicted octanol–water partition coefficient (Wildman–Crippen LogP) is 1.46. The van der Waals surface area contributed by atoms with Gasteiger partial charge in [0.2, 0.25) is 0 Å². The molecular weight excluding hydrogens is 334 g/mol. The second-order valence-electron chi connectivity index (χ2n) is 6.50. The van der Waals surface area contributed by atoms with Crippen molar-refractivity contribution >= 4 is 17.6 Å². The number of aromatic nitrogens is 1. The van der Waals surface area contributed by atoms with Gasteiger partial charge in [0.1, 0.15) is 0 Å². The molecule has 1 aromatic carbocycles. The van der Waals surface area contributed by atoms with Gasteiger partial charge in [0.25, 0.3) is 0 Å². The average Bonchev–Trinajstić information content (AvgIpc) is 3.02. The van der Waals surface area contributed by atoms with Crippen molar-refractivity contribution < 1.29 is 19.8 Å². The van der Waals surface area contributed by atoms with Crippen molar-refractivity contribution in [2.45, 2.75) is 18.6 Å². The largest absolute Gasteiger partial charge is 0.478 e. The van der Waals surface area contributed by atoms with Crippen molar-refractivity contribution in [2.75, 3.05) is 18.0 Å². The minimum absolute atomic E-state index is 0.140. The number of nitrogens with zero attached hydrogens (tertiary/aromatic N) is 2. The summed E-state index contributed by atoms with van der Waals surface area (Å²) in [5, 5.41) is 22.0. The molecule has 2 aliphatic rings. The van der Waals surface area contributed by atoms with Crippen LogP contribution >= 0.6 is 0 Å². The Morgan fingerprint density at radius 3 is 2.73 bits per heavy atom. The van der Waals surface area contributed by atoms with Gasteiger partial charge in [0, 0.05) is 43.3 Å². The van der Waals surface area contributed by atoms with E-state index in [0.29, 0.717) is 19.6 Å². The van der Waals surface area contributed by atoms with Crippen molar-refractivity contribution in [1.29, 1.82) is 0 Å². The van der Waals surface area contributed by atoms with Crippen LogP contribution in [0.5, 0.6) is 0 Å². The molecule has 26 heavy (non-hydrogen) atoms. The Bertz CT molecular complexity index is 902. The van der Waals surface area contributed by atoms with E-state index in [0.717, 1.165) is 23.0 Å². The van der Waals surface area contributed by atoms with E-state index < -0.39 is 18.0 Å². The van der Waals surface area contributed by atoms with Gasteiger partial charge in [-0.15, -0.1) is 0 Å². The number of para-hydroxylation sites is 1. The molecule has 2 unspecified atom stereocenters. The number of hydrogen-bond donors (Lipinski definition) is 3. The van der Waals surface area contributed by atoms with Crippen LogP contribution in [-0.4, -0.2) is 45.9 Å². The summed E-state index contributed by atoms with van der Waals surface area (Å²) in [5.41, 5.74) is 3.05. The van der Waals surface area contributed by atoms with Crippen LogP contribution in [0.2, 0.25) is 0 Å². The first-order valence-electron chi connectivity index (χ1n) is 8.47. The van der Waals surface area contributed by atoms with Crippen LogP contribution < -0.4 is 10.2 Å². The molecule has 0 spiro atoms. The molecule has 0 saturated carbocycles. The minimum Gasteiger partial charge on any atom is -0.478 e. The minimum atomic E-state index is -1.26. The van der Waals surface area contributed by atoms with E-state index >= 15 is 0 Å². The maximum absolute atomic E-state index is 11.8. The lowest BCUT2D eigenvalue weighted by Crippen LogP contribution is -2.55. The molecule has 134 valence electrons. The van der Waals surface area contributed by atoms with Gasteiger partial charge in [-0.25, -0.2) is 9.59 Å². The van der Waals surface area contributed by atoms with E-state index in [2.05, 4.69) is 20.9 Å². The van der Waals surface area contributed by atoms with Crippen molar-refractivity contribution in [3.05, 3.63) is 65.5 Å². The summed E-state index contributed by atoms with van der Waals surface area (Å²) < 4.78 is 2.10. The number of carbonyl (C=O) groups is 2. The van der Waals surface area contributed by atoms with Crippen molar-refractivity contribution in [2.24, 2.45) is 0 Å². The Balaban J connectivity index is 1.89. The molecule has 7 heteroatoms. The number of anilines is 1. The molecular formula is C19H19N3O4. The Labute approximate surface area is 150 Å². The third-order valence-electron chi connectivity index (χ3n) is 5.04. The Hall–Kier alpha value is -3.06. The molecule has 7 nitrogen and oxygen atoms in total. The molecule has 1 saturated heterocycles. The Morgan fingerprint density at radius 1 is 1.15 bits per heavy atom. The summed E-state index contributed by atoms with van der Waals surface area (Å²) in [4.78, 5) is 25.2. The van der Waals surface area contributed by atoms with Crippen LogP contribution in [0.1, 0.15) is 17.3 Å². The Kier molecular flexibility index (Phi) is 4.00. The highest BCUT2D eigenvalue weighted by atomic mass is 16.4. The number of benzene rings is 1. The van der Waals surface area contributed by atoms with Crippen LogP contribution in [0.15, 0.2) is 54.2 Å². The summed E-state index contributed by atoms with van der Waals surface area (Å²) in [6.45, 7) is 1.98. The summed E-state index contributed by atoms with van der Waals surface area (Å²) >= 11 is 0. The predicted molar refractivity (Wildman–Crippen MR) is 95.2 cm³/mol. The fourth-order valence-electron chi connectivity index (χ4n) is 4.02. The number of carboxylic acids is 2. The summed E-state index contributed by atoms with van der Waals surface area (Å²) in [6, 6.07) is 11.1. The van der Waals surface area contributed by atoms with E-state index in [1.54, 1.807) is 0 Å². The molecule has 4 rings (SSSR count). The second-order valence-corrected chi connectivity index (χ2v) is 6.50. The number of nitrogens with one attached hydrogen (secondary N) is 1. The highest BCUT2D eigenvalue weighted by Crippen LogP contribution is 2.39. The molecule has 0 aliphatic carbocycles. The number of carboxylic acid groups (broad SMARTS) is 2. The molecule has 3 N–H and O–H groups in total. The maximum Gasteiger partial charge on any atom is 0.333 e. The zero-order chi connectivity index (χ0) is 18.3. The van der Waals surface area contributed by atoms with Gasteiger partial charge in [-0.1, -0.05) is 18.2 Å². The third kappa shape index (κ3) is 2.66. The van der Waals surface area contributed by atoms with Crippen LogP contribution in [-0.2, 0) is 16.1 Å². The summed E-state index contributed by atoms with van der Waals surface area (Å²) in [7, 11) is 0. The van der Waals surface area contributed by atoms with Gasteiger partial charge >= 0.3 is 11.9 Å². The smallest absolute Gasteiger partial charge is 0.333 e. The van der Waals surface area contributed by atoms with E-state index in [4.69, 9.17) is 5.11 Å². The zero-order valence-corrected chi connectivity index (χ0v) is 14.0. The normalized spacial score (nSPS) is 22.0. The number of aliphatic carboxylic acids is 2. The Morgan fingerprint density at radius 2 is 1.96 bits per heavy atom. The molecule has 2 aromatic rings. The third-order valence-corrected chi connectivity index (χ3v) is 5.04. The summed E-state index contributed by atoms with van der Waals surface area (Å²) in [6.07, 6.45) is 2.77. The molecule has 1 fully saturated rings. The monoisotopic (exact) mass is 353 g/mol. The lowest BCUT2D eigenvalue weighted by Gasteiger charge is -2.43. The lowest BCUT2D eigenvalue weighted by molar-refractivity contribution is -0.135. The molecule has 0 amide bonds. The first kappa shape index (κ1) is 16.4.